The number of hydrogen-bond acceptors (Lipinski definition) is 6. The molecule has 8 heteroatoms. The molecular weight excluding hydrogens is 434 g/mol. The third kappa shape index (κ3) is 4.21. The Balaban J connectivity index is 1.37. The van der Waals surface area contributed by atoms with Crippen molar-refractivity contribution in [1.29, 1.82) is 0 Å². The molecular formula is C26H21N3O5. The van der Waals surface area contributed by atoms with Gasteiger partial charge < -0.3 is 19.2 Å². The Morgan fingerprint density at radius 2 is 1.76 bits per heavy atom. The highest BCUT2D eigenvalue weighted by molar-refractivity contribution is 6.09. The number of nitrogens with one attached hydrogen (secondary N) is 1. The first-order valence-electron chi connectivity index (χ1n) is 10.7. The molecule has 5 aromatic rings. The smallest absolute Gasteiger partial charge is 0.276 e. The highest BCUT2D eigenvalue weighted by atomic mass is 16.5. The number of carbonyl (C=O) groups is 1. The molecule has 0 aliphatic rings. The summed E-state index contributed by atoms with van der Waals surface area (Å²) in [5, 5.41) is 8.85. The first kappa shape index (κ1) is 21.3. The summed E-state index contributed by atoms with van der Waals surface area (Å²) in [4.78, 5) is 25.2. The van der Waals surface area contributed by atoms with E-state index < -0.39 is 5.91 Å². The number of hydrogen-bond donors (Lipinski definition) is 1. The van der Waals surface area contributed by atoms with Crippen molar-refractivity contribution in [3.63, 3.8) is 0 Å². The Bertz CT molecular complexity index is 1540. The van der Waals surface area contributed by atoms with Crippen LogP contribution >= 0.6 is 0 Å². The minimum atomic E-state index is -0.480. The molecule has 0 radical (unpaired) electrons. The largest absolute Gasteiger partial charge is 0.495 e. The van der Waals surface area contributed by atoms with Gasteiger partial charge in [-0.1, -0.05) is 36.4 Å². The molecule has 0 saturated carbocycles. The summed E-state index contributed by atoms with van der Waals surface area (Å²) in [5.74, 6) is 0.695. The molecule has 0 bridgehead atoms. The molecule has 0 unspecified atom stereocenters. The van der Waals surface area contributed by atoms with Gasteiger partial charge in [0, 0.05) is 22.9 Å². The molecule has 0 aliphatic heterocycles. The fraction of sp³-hybridized carbons (Fsp3) is 0.115. The van der Waals surface area contributed by atoms with Gasteiger partial charge in [-0.25, -0.2) is 4.68 Å². The number of amides is 1. The predicted molar refractivity (Wildman–Crippen MR) is 129 cm³/mol. The fourth-order valence-corrected chi connectivity index (χ4v) is 3.70. The normalized spacial score (nSPS) is 11.0. The lowest BCUT2D eigenvalue weighted by Crippen LogP contribution is -2.28. The summed E-state index contributed by atoms with van der Waals surface area (Å²) < 4.78 is 18.2. The molecule has 8 nitrogen and oxygen atoms in total. The van der Waals surface area contributed by atoms with Crippen molar-refractivity contribution in [2.75, 3.05) is 19.0 Å². The number of para-hydroxylation sites is 2. The van der Waals surface area contributed by atoms with Crippen molar-refractivity contribution in [2.24, 2.45) is 0 Å². The lowest BCUT2D eigenvalue weighted by molar-refractivity contribution is 0.101. The van der Waals surface area contributed by atoms with E-state index in [0.717, 1.165) is 16.4 Å². The molecule has 0 aliphatic carbocycles. The predicted octanol–water partition coefficient (Wildman–Crippen LogP) is 4.48. The molecule has 5 rings (SSSR count). The van der Waals surface area contributed by atoms with Gasteiger partial charge in [0.15, 0.2) is 0 Å². The summed E-state index contributed by atoms with van der Waals surface area (Å²) in [6.07, 6.45) is 0. The van der Waals surface area contributed by atoms with E-state index in [1.54, 1.807) is 6.07 Å². The van der Waals surface area contributed by atoms with Crippen LogP contribution in [0.15, 0.2) is 88.1 Å². The maximum atomic E-state index is 12.9. The number of ether oxygens (including phenoxy) is 2. The van der Waals surface area contributed by atoms with Crippen LogP contribution in [0.1, 0.15) is 10.5 Å². The van der Waals surface area contributed by atoms with Gasteiger partial charge in [-0.15, -0.1) is 0 Å². The standard InChI is InChI=1S/C26H21N3O5/c1-32-24-15-19-18-9-5-6-10-22(18)34-23(19)16-21(24)27-26(31)20-11-12-25(30)29(28-20)13-14-33-17-7-3-2-4-8-17/h2-12,15-16H,13-14H2,1H3,(H,27,31). The van der Waals surface area contributed by atoms with E-state index in [9.17, 15) is 9.59 Å². The lowest BCUT2D eigenvalue weighted by Gasteiger charge is -2.11. The average Bonchev–Trinajstić information content (AvgIpc) is 3.22. The van der Waals surface area contributed by atoms with Crippen LogP contribution in [-0.2, 0) is 6.54 Å². The third-order valence-electron chi connectivity index (χ3n) is 5.36. The minimum Gasteiger partial charge on any atom is -0.495 e. The number of fused-ring (bicyclic) bond motifs is 3. The molecule has 34 heavy (non-hydrogen) atoms. The zero-order valence-electron chi connectivity index (χ0n) is 18.4. The Morgan fingerprint density at radius 3 is 2.59 bits per heavy atom. The van der Waals surface area contributed by atoms with Gasteiger partial charge >= 0.3 is 0 Å². The number of methoxy groups -OCH3 is 1. The zero-order valence-corrected chi connectivity index (χ0v) is 18.4. The van der Waals surface area contributed by atoms with Crippen LogP contribution in [0.2, 0.25) is 0 Å². The number of rotatable bonds is 7. The molecule has 0 spiro atoms. The van der Waals surface area contributed by atoms with E-state index >= 15 is 0 Å². The number of nitrogens with zero attached hydrogens (tertiary/aromatic N) is 2. The molecule has 1 amide bonds. The second-order valence-electron chi connectivity index (χ2n) is 7.54. The Kier molecular flexibility index (Phi) is 5.70. The van der Waals surface area contributed by atoms with Crippen LogP contribution in [0.3, 0.4) is 0 Å². The van der Waals surface area contributed by atoms with Gasteiger partial charge in [-0.3, -0.25) is 9.59 Å². The van der Waals surface area contributed by atoms with E-state index in [2.05, 4.69) is 10.4 Å². The molecule has 1 N–H and O–H groups in total. The minimum absolute atomic E-state index is 0.0890. The number of carbonyl (C=O) groups excluding carboxylic acids is 1. The molecule has 170 valence electrons. The van der Waals surface area contributed by atoms with E-state index in [1.165, 1.54) is 23.9 Å². The van der Waals surface area contributed by atoms with E-state index in [1.807, 2.05) is 60.7 Å². The number of anilines is 1. The topological polar surface area (TPSA) is 95.6 Å². The number of furan rings is 1. The molecule has 0 atom stereocenters. The average molecular weight is 455 g/mol. The number of aromatic nitrogens is 2. The lowest BCUT2D eigenvalue weighted by atomic mass is 10.1. The maximum absolute atomic E-state index is 12.9. The summed E-state index contributed by atoms with van der Waals surface area (Å²) >= 11 is 0. The van der Waals surface area contributed by atoms with Gasteiger partial charge in [-0.05, 0) is 30.3 Å². The highest BCUT2D eigenvalue weighted by Crippen LogP contribution is 2.36. The van der Waals surface area contributed by atoms with Crippen LogP contribution < -0.4 is 20.3 Å². The van der Waals surface area contributed by atoms with Gasteiger partial charge in [0.1, 0.15) is 35.0 Å². The van der Waals surface area contributed by atoms with Crippen LogP contribution in [0.4, 0.5) is 5.69 Å². The van der Waals surface area contributed by atoms with Gasteiger partial charge in [0.25, 0.3) is 11.5 Å². The molecule has 3 aromatic carbocycles. The summed E-state index contributed by atoms with van der Waals surface area (Å²) in [7, 11) is 1.53. The third-order valence-corrected chi connectivity index (χ3v) is 5.36. The van der Waals surface area contributed by atoms with Crippen molar-refractivity contribution in [2.45, 2.75) is 6.54 Å². The van der Waals surface area contributed by atoms with Gasteiger partial charge in [0.2, 0.25) is 0 Å². The van der Waals surface area contributed by atoms with E-state index in [0.29, 0.717) is 22.8 Å². The Hall–Kier alpha value is -4.59. The van der Waals surface area contributed by atoms with Crippen LogP contribution in [0.25, 0.3) is 21.9 Å². The highest BCUT2D eigenvalue weighted by Gasteiger charge is 2.16. The quantitative estimate of drug-likeness (QED) is 0.389. The zero-order chi connectivity index (χ0) is 23.5. The van der Waals surface area contributed by atoms with Crippen LogP contribution in [0, 0.1) is 0 Å². The SMILES string of the molecule is COc1cc2c(cc1NC(=O)c1ccc(=O)n(CCOc3ccccc3)n1)oc1ccccc12. The number of benzene rings is 3. The molecule has 2 heterocycles. The van der Waals surface area contributed by atoms with Crippen molar-refractivity contribution in [3.8, 4) is 11.5 Å². The summed E-state index contributed by atoms with van der Waals surface area (Å²) in [6, 6.07) is 23.2. The van der Waals surface area contributed by atoms with Crippen LogP contribution in [-0.4, -0.2) is 29.4 Å². The molecule has 2 aromatic heterocycles. The Morgan fingerprint density at radius 1 is 0.971 bits per heavy atom. The van der Waals surface area contributed by atoms with E-state index in [4.69, 9.17) is 13.9 Å². The maximum Gasteiger partial charge on any atom is 0.276 e. The first-order chi connectivity index (χ1) is 16.6. The first-order valence-corrected chi connectivity index (χ1v) is 10.7. The van der Waals surface area contributed by atoms with Crippen molar-refractivity contribution < 1.29 is 18.7 Å². The van der Waals surface area contributed by atoms with Crippen LogP contribution in [0.5, 0.6) is 11.5 Å². The fourth-order valence-electron chi connectivity index (χ4n) is 3.70. The monoisotopic (exact) mass is 455 g/mol. The van der Waals surface area contributed by atoms with Crippen molar-refractivity contribution in [3.05, 3.63) is 94.9 Å². The van der Waals surface area contributed by atoms with Crippen molar-refractivity contribution in [1.82, 2.24) is 9.78 Å². The second kappa shape index (κ2) is 9.11. The molecule has 0 fully saturated rings. The summed E-state index contributed by atoms with van der Waals surface area (Å²) in [5.41, 5.74) is 1.56. The summed E-state index contributed by atoms with van der Waals surface area (Å²) in [6.45, 7) is 0.432. The van der Waals surface area contributed by atoms with Gasteiger partial charge in [-0.2, -0.15) is 5.10 Å². The second-order valence-corrected chi connectivity index (χ2v) is 7.54. The van der Waals surface area contributed by atoms with Gasteiger partial charge in [0.05, 0.1) is 19.3 Å². The van der Waals surface area contributed by atoms with E-state index in [-0.39, 0.29) is 24.4 Å². The molecule has 0 saturated heterocycles. The Labute approximate surface area is 194 Å². The van der Waals surface area contributed by atoms with Crippen molar-refractivity contribution >= 4 is 33.5 Å².